The number of aliphatic carboxylic acids is 3. The molecule has 0 unspecified atom stereocenters. The van der Waals surface area contributed by atoms with Gasteiger partial charge in [-0.1, -0.05) is 304 Å². The number of hydrogen-bond donors (Lipinski definition) is 3. The van der Waals surface area contributed by atoms with Crippen LogP contribution in [0.25, 0.3) is 16.0 Å². The molecule has 0 saturated carbocycles. The molecule has 3 N–H and O–H groups in total. The number of carboxylic acids is 3. The molecule has 3 aliphatic rings. The van der Waals surface area contributed by atoms with Crippen molar-refractivity contribution in [1.82, 2.24) is 14.7 Å². The third kappa shape index (κ3) is 28.6. The number of carbonyl (C=O) groups is 6. The van der Waals surface area contributed by atoms with Gasteiger partial charge in [0.05, 0.1) is 88.7 Å². The molecule has 19 nitrogen and oxygen atoms in total. The number of benzene rings is 12. The fourth-order valence-corrected chi connectivity index (χ4v) is 18.3. The van der Waals surface area contributed by atoms with Gasteiger partial charge in [0, 0.05) is 120 Å². The van der Waals surface area contributed by atoms with Gasteiger partial charge in [-0.25, -0.2) is 14.4 Å². The molecular formula is C107H97Cl9N9Ni3O10-3. The molecule has 3 amide bonds. The Labute approximate surface area is 879 Å². The zero-order valence-electron chi connectivity index (χ0n) is 75.5. The molecule has 3 aliphatic heterocycles. The average molecular weight is 2160 g/mol. The first-order valence-electron chi connectivity index (χ1n) is 43.8. The van der Waals surface area contributed by atoms with E-state index in [1.54, 1.807) is 92.0 Å². The minimum atomic E-state index is -1.14. The Morgan fingerprint density at radius 1 is 0.341 bits per heavy atom. The predicted molar refractivity (Wildman–Crippen MR) is 544 cm³/mol. The number of aliphatic imine (C=N–C) groups is 3. The van der Waals surface area contributed by atoms with E-state index in [2.05, 4.69) is 30.7 Å². The molecule has 0 bridgehead atoms. The summed E-state index contributed by atoms with van der Waals surface area (Å²) in [5.41, 5.74) is 9.46. The van der Waals surface area contributed by atoms with Crippen LogP contribution in [0.3, 0.4) is 0 Å². The number of hydrogen-bond acceptors (Lipinski definition) is 13. The van der Waals surface area contributed by atoms with Crippen molar-refractivity contribution in [1.29, 1.82) is 0 Å². The maximum Gasteiger partial charge on any atom is 0.328 e. The van der Waals surface area contributed by atoms with E-state index in [1.165, 1.54) is 0 Å². The third-order valence-electron chi connectivity index (χ3n) is 24.3. The first-order chi connectivity index (χ1) is 64.7. The number of carbonyl (C=O) groups excluding carboxylic acids is 3. The van der Waals surface area contributed by atoms with Crippen LogP contribution in [0.2, 0.25) is 45.2 Å². The summed E-state index contributed by atoms with van der Waals surface area (Å²) in [6.45, 7) is 11.4. The second-order valence-electron chi connectivity index (χ2n) is 33.9. The topological polar surface area (TPSA) is 261 Å². The van der Waals surface area contributed by atoms with Crippen molar-refractivity contribution in [2.24, 2.45) is 15.0 Å². The zero-order valence-corrected chi connectivity index (χ0v) is 85.2. The molecule has 15 rings (SSSR count). The molecule has 12 aromatic carbocycles. The fourth-order valence-electron chi connectivity index (χ4n) is 16.8. The Balaban J connectivity index is 0.000000211. The molecule has 0 aliphatic carbocycles. The summed E-state index contributed by atoms with van der Waals surface area (Å²) in [4.78, 5) is 100. The van der Waals surface area contributed by atoms with E-state index in [-0.39, 0.29) is 86.5 Å². The Morgan fingerprint density at radius 2 is 0.630 bits per heavy atom. The number of rotatable bonds is 31. The van der Waals surface area contributed by atoms with E-state index in [0.717, 1.165) is 71.3 Å². The van der Waals surface area contributed by atoms with Gasteiger partial charge < -0.3 is 50.4 Å². The SMILES string of the molecule is COc1cccc(C[C@@H](N=C(c2ccccc2)c2cc(Cl)ccc2[N-]C(=O)[C@]2(C)CCCN2Cc2ccc(Cl)c(Cl)c2)C(=O)O)c1.C[C@@]1(C(=O)[N-]c2ccc(Cl)cc2C(=N[C@H](Cc2ccccc2)C(=O)O)c2ccccc2)CCCN1Cc1ccc(Cl)c(Cl)c1.Cc1cccc(C[C@@H](N=C(c2ccccc2)c2cc(Cl)ccc2[N-]C(=O)[C@]2(C)CCCN2Cc2ccc(Cl)c(Cl)c2)C(=O)O)c1.[Ni].[Ni].[Ni]. The van der Waals surface area contributed by atoms with Crippen LogP contribution in [0, 0.1) is 6.92 Å². The standard InChI is InChI=1S/C36H34Cl3N3O4.C36H34Cl3N3O3.C35H32Cl3N3O3.3Ni/c1-36(16-7-17-42(36)22-24-12-14-29(38)30(39)19-24)35(45)41-31-15-13-26(37)21-28(31)33(25-9-4-3-5-10-25)40-32(34(43)44)20-23-8-6-11-27(18-23)46-2;1-23-8-6-9-24(18-23)20-32(34(43)44)40-33(26-10-4-3-5-11-26)28-21-27(37)13-15-31(28)41-35(45)36(2)16-7-17-42(36)22-25-12-14-29(38)30(39)19-25;1-35(17-8-18-41(35)22-24-13-15-28(37)29(38)19-24)34(44)40-30-16-14-26(36)21-27(30)32(25-11-6-3-7-12-25)39-31(33(42)43)20-23-9-4-2-5-10-23;;;/h3-6,8-15,18-19,21,32H,7,16-17,20,22H2,1-2H3,(H2,40,41,43,44,45);3-6,8-15,18-19,21,32H,7,16-17,20,22H2,1-2H3,(H2,40,41,43,44,45);2-7,9-16,19,21,31H,8,17-18,20,22H2,1H3,(H2,39,40,42,43,44);;;/p-3/t2*32-,36+;31-,35+;;;/m111.../s1. The van der Waals surface area contributed by atoms with Gasteiger partial charge >= 0.3 is 17.9 Å². The smallest absolute Gasteiger partial charge is 0.328 e. The van der Waals surface area contributed by atoms with Crippen LogP contribution >= 0.6 is 104 Å². The summed E-state index contributed by atoms with van der Waals surface area (Å²) >= 11 is 56.6. The van der Waals surface area contributed by atoms with Gasteiger partial charge in [0.15, 0.2) is 18.1 Å². The Hall–Kier alpha value is -9.76. The van der Waals surface area contributed by atoms with E-state index >= 15 is 0 Å². The monoisotopic (exact) mass is 2160 g/mol. The van der Waals surface area contributed by atoms with E-state index < -0.39 is 52.7 Å². The zero-order chi connectivity index (χ0) is 96.3. The van der Waals surface area contributed by atoms with Gasteiger partial charge in [0.1, 0.15) is 5.75 Å². The normalized spacial score (nSPS) is 17.2. The molecule has 3 heterocycles. The maximum atomic E-state index is 14.1. The summed E-state index contributed by atoms with van der Waals surface area (Å²) in [7, 11) is 1.56. The number of likely N-dealkylation sites (tertiary alicyclic amines) is 3. The molecule has 0 spiro atoms. The van der Waals surface area contributed by atoms with Crippen LogP contribution in [0.1, 0.15) is 132 Å². The summed E-state index contributed by atoms with van der Waals surface area (Å²) in [6, 6.07) is 80.3. The fraction of sp³-hybridized carbons (Fsp3) is 0.243. The van der Waals surface area contributed by atoms with Crippen molar-refractivity contribution in [2.75, 3.05) is 26.7 Å². The number of methoxy groups -OCH3 is 1. The predicted octanol–water partition coefficient (Wildman–Crippen LogP) is 26.6. The van der Waals surface area contributed by atoms with E-state index in [0.29, 0.717) is 164 Å². The Bertz CT molecular complexity index is 6420. The van der Waals surface area contributed by atoms with E-state index in [4.69, 9.17) is 124 Å². The summed E-state index contributed by atoms with van der Waals surface area (Å²) in [6.07, 6.45) is 4.91. The van der Waals surface area contributed by atoms with Crippen molar-refractivity contribution in [3.05, 3.63) is 413 Å². The maximum absolute atomic E-state index is 14.1. The molecule has 726 valence electrons. The van der Waals surface area contributed by atoms with Crippen molar-refractivity contribution in [2.45, 2.75) is 140 Å². The van der Waals surface area contributed by atoms with Crippen LogP contribution in [0.4, 0.5) is 17.1 Å². The van der Waals surface area contributed by atoms with Gasteiger partial charge in [-0.3, -0.25) is 29.7 Å². The molecule has 0 radical (unpaired) electrons. The number of ether oxygens (including phenoxy) is 1. The van der Waals surface area contributed by atoms with Gasteiger partial charge in [-0.15, -0.1) is 17.1 Å². The van der Waals surface area contributed by atoms with Crippen LogP contribution < -0.4 is 4.74 Å². The van der Waals surface area contributed by atoms with Gasteiger partial charge in [-0.05, 0) is 221 Å². The molecule has 3 saturated heterocycles. The molecule has 0 aromatic heterocycles. The third-order valence-corrected chi connectivity index (χ3v) is 27.3. The van der Waals surface area contributed by atoms with Crippen LogP contribution in [-0.2, 0) is 117 Å². The van der Waals surface area contributed by atoms with Crippen molar-refractivity contribution in [3.63, 3.8) is 0 Å². The van der Waals surface area contributed by atoms with Crippen molar-refractivity contribution in [3.8, 4) is 5.75 Å². The quantitative estimate of drug-likeness (QED) is 0.0270. The number of nitrogens with zero attached hydrogens (tertiary/aromatic N) is 9. The molecule has 31 heteroatoms. The van der Waals surface area contributed by atoms with Crippen molar-refractivity contribution >= 4 is 174 Å². The van der Waals surface area contributed by atoms with Gasteiger partial charge in [0.2, 0.25) is 0 Å². The summed E-state index contributed by atoms with van der Waals surface area (Å²) in [5.74, 6) is -3.50. The first-order valence-corrected chi connectivity index (χ1v) is 47.2. The second-order valence-corrected chi connectivity index (χ2v) is 37.7. The van der Waals surface area contributed by atoms with Crippen LogP contribution in [0.5, 0.6) is 5.75 Å². The minimum absolute atomic E-state index is 0. The molecule has 12 aromatic rings. The number of carboxylic acid groups (broad SMARTS) is 3. The number of amides is 3. The number of halogens is 9. The first kappa shape index (κ1) is 110. The molecular weight excluding hydrogens is 2070 g/mol. The van der Waals surface area contributed by atoms with E-state index in [1.807, 2.05) is 222 Å². The molecule has 6 atom stereocenters. The molecule has 3 fully saturated rings. The summed E-state index contributed by atoms with van der Waals surface area (Å²) in [5, 5.41) is 48.7. The second kappa shape index (κ2) is 51.1. The van der Waals surface area contributed by atoms with E-state index in [9.17, 15) is 44.1 Å². The Kier molecular flexibility index (Phi) is 40.8. The van der Waals surface area contributed by atoms with Crippen LogP contribution in [-0.4, -0.2) is 144 Å². The number of aryl methyl sites for hydroxylation is 1. The Morgan fingerprint density at radius 3 is 0.928 bits per heavy atom. The van der Waals surface area contributed by atoms with Gasteiger partial charge in [-0.2, -0.15) is 0 Å². The summed E-state index contributed by atoms with van der Waals surface area (Å²) < 4.78 is 5.33. The van der Waals surface area contributed by atoms with Gasteiger partial charge in [0.25, 0.3) is 0 Å². The largest absolute Gasteiger partial charge is 0.625 e. The average Bonchev–Trinajstić information content (AvgIpc) is 1.73. The molecule has 138 heavy (non-hydrogen) atoms. The van der Waals surface area contributed by atoms with Crippen LogP contribution in [0.15, 0.2) is 294 Å². The van der Waals surface area contributed by atoms with Crippen molar-refractivity contribution < 1.29 is 98.3 Å². The minimum Gasteiger partial charge on any atom is -0.625 e.